The van der Waals surface area contributed by atoms with Gasteiger partial charge in [-0.1, -0.05) is 25.0 Å². The van der Waals surface area contributed by atoms with Gasteiger partial charge in [-0.25, -0.2) is 4.39 Å². The van der Waals surface area contributed by atoms with Crippen molar-refractivity contribution in [2.45, 2.75) is 37.6 Å². The number of nitrogens with one attached hydrogen (secondary N) is 1. The molecule has 0 saturated heterocycles. The van der Waals surface area contributed by atoms with Gasteiger partial charge in [0, 0.05) is 13.0 Å². The van der Waals surface area contributed by atoms with Crippen molar-refractivity contribution >= 4 is 5.91 Å². The van der Waals surface area contributed by atoms with E-state index in [0.29, 0.717) is 13.0 Å². The highest BCUT2D eigenvalue weighted by molar-refractivity contribution is 5.77. The lowest BCUT2D eigenvalue weighted by molar-refractivity contribution is -0.122. The molecular formula is C14H19FN2O. The molecule has 98 valence electrons. The summed E-state index contributed by atoms with van der Waals surface area (Å²) in [5.74, 6) is -0.274. The number of hydrogen-bond acceptors (Lipinski definition) is 2. The molecule has 0 heterocycles. The summed E-state index contributed by atoms with van der Waals surface area (Å²) >= 11 is 0. The molecule has 0 spiro atoms. The highest BCUT2D eigenvalue weighted by Gasteiger charge is 2.36. The van der Waals surface area contributed by atoms with Crippen LogP contribution in [0.4, 0.5) is 4.39 Å². The molecule has 4 heteroatoms. The van der Waals surface area contributed by atoms with Gasteiger partial charge in [-0.2, -0.15) is 0 Å². The molecule has 1 aromatic carbocycles. The van der Waals surface area contributed by atoms with E-state index in [1.165, 1.54) is 12.1 Å². The van der Waals surface area contributed by atoms with Crippen LogP contribution in [-0.4, -0.2) is 12.5 Å². The van der Waals surface area contributed by atoms with E-state index >= 15 is 0 Å². The number of rotatable bonds is 4. The summed E-state index contributed by atoms with van der Waals surface area (Å²) in [6, 6.07) is 6.43. The Balaban J connectivity index is 2.21. The first-order valence-corrected chi connectivity index (χ1v) is 6.43. The molecule has 1 aromatic rings. The Morgan fingerprint density at radius 3 is 2.44 bits per heavy atom. The van der Waals surface area contributed by atoms with Crippen LogP contribution in [0.3, 0.4) is 0 Å². The second-order valence-electron chi connectivity index (χ2n) is 4.88. The standard InChI is InChI=1S/C14H19FN2O/c15-12-5-3-11(4-6-12)14(8-1-2-9-14)17-13(18)7-10-16/h3-6H,1-2,7-10,16H2,(H,17,18). The molecule has 18 heavy (non-hydrogen) atoms. The quantitative estimate of drug-likeness (QED) is 0.859. The summed E-state index contributed by atoms with van der Waals surface area (Å²) in [6.45, 7) is 0.353. The number of benzene rings is 1. The predicted octanol–water partition coefficient (Wildman–Crippen LogP) is 2.06. The number of amides is 1. The van der Waals surface area contributed by atoms with Gasteiger partial charge in [-0.05, 0) is 30.5 Å². The fourth-order valence-corrected chi connectivity index (χ4v) is 2.69. The minimum atomic E-state index is -0.319. The summed E-state index contributed by atoms with van der Waals surface area (Å²) in [7, 11) is 0. The van der Waals surface area contributed by atoms with E-state index in [0.717, 1.165) is 31.2 Å². The smallest absolute Gasteiger partial charge is 0.221 e. The molecule has 0 radical (unpaired) electrons. The lowest BCUT2D eigenvalue weighted by atomic mass is 9.88. The molecule has 0 aromatic heterocycles. The average Bonchev–Trinajstić information content (AvgIpc) is 2.79. The van der Waals surface area contributed by atoms with Crippen molar-refractivity contribution in [1.29, 1.82) is 0 Å². The zero-order valence-electron chi connectivity index (χ0n) is 10.4. The molecule has 0 unspecified atom stereocenters. The molecule has 1 saturated carbocycles. The minimum absolute atomic E-state index is 0.0243. The third-order valence-electron chi connectivity index (χ3n) is 3.60. The van der Waals surface area contributed by atoms with Gasteiger partial charge in [-0.15, -0.1) is 0 Å². The van der Waals surface area contributed by atoms with Crippen LogP contribution < -0.4 is 11.1 Å². The second kappa shape index (κ2) is 5.48. The topological polar surface area (TPSA) is 55.1 Å². The number of halogens is 1. The molecule has 0 bridgehead atoms. The van der Waals surface area contributed by atoms with Gasteiger partial charge >= 0.3 is 0 Å². The molecule has 0 aliphatic heterocycles. The molecule has 3 nitrogen and oxygen atoms in total. The average molecular weight is 250 g/mol. The Bertz CT molecular complexity index is 410. The summed E-state index contributed by atoms with van der Waals surface area (Å²) in [5.41, 5.74) is 6.07. The van der Waals surface area contributed by atoms with Gasteiger partial charge < -0.3 is 11.1 Å². The predicted molar refractivity (Wildman–Crippen MR) is 68.4 cm³/mol. The fourth-order valence-electron chi connectivity index (χ4n) is 2.69. The maximum Gasteiger partial charge on any atom is 0.221 e. The summed E-state index contributed by atoms with van der Waals surface area (Å²) in [4.78, 5) is 11.8. The van der Waals surface area contributed by atoms with Crippen molar-refractivity contribution in [3.63, 3.8) is 0 Å². The zero-order valence-corrected chi connectivity index (χ0v) is 10.4. The SMILES string of the molecule is NCCC(=O)NC1(c2ccc(F)cc2)CCCC1. The van der Waals surface area contributed by atoms with Gasteiger partial charge in [0.15, 0.2) is 0 Å². The van der Waals surface area contributed by atoms with Gasteiger partial charge in [0.05, 0.1) is 5.54 Å². The maximum atomic E-state index is 13.0. The van der Waals surface area contributed by atoms with E-state index < -0.39 is 0 Å². The minimum Gasteiger partial charge on any atom is -0.347 e. The third-order valence-corrected chi connectivity index (χ3v) is 3.60. The van der Waals surface area contributed by atoms with E-state index in [2.05, 4.69) is 5.32 Å². The van der Waals surface area contributed by atoms with Crippen LogP contribution >= 0.6 is 0 Å². The third kappa shape index (κ3) is 2.70. The Morgan fingerprint density at radius 2 is 1.89 bits per heavy atom. The van der Waals surface area contributed by atoms with Crippen LogP contribution in [-0.2, 0) is 10.3 Å². The van der Waals surface area contributed by atoms with Crippen LogP contribution in [0.2, 0.25) is 0 Å². The lowest BCUT2D eigenvalue weighted by Gasteiger charge is -2.31. The van der Waals surface area contributed by atoms with E-state index in [9.17, 15) is 9.18 Å². The van der Waals surface area contributed by atoms with Crippen LogP contribution in [0.15, 0.2) is 24.3 Å². The second-order valence-corrected chi connectivity index (χ2v) is 4.88. The number of carbonyl (C=O) groups excluding carboxylic acids is 1. The number of carbonyl (C=O) groups is 1. The Kier molecular flexibility index (Phi) is 3.97. The largest absolute Gasteiger partial charge is 0.347 e. The first-order chi connectivity index (χ1) is 8.66. The van der Waals surface area contributed by atoms with Crippen molar-refractivity contribution < 1.29 is 9.18 Å². The van der Waals surface area contributed by atoms with Crippen molar-refractivity contribution in [2.24, 2.45) is 5.73 Å². The molecule has 1 fully saturated rings. The normalized spacial score (nSPS) is 17.7. The molecule has 1 amide bonds. The summed E-state index contributed by atoms with van der Waals surface area (Å²) in [6.07, 6.45) is 4.33. The maximum absolute atomic E-state index is 13.0. The first kappa shape index (κ1) is 13.0. The van der Waals surface area contributed by atoms with Crippen molar-refractivity contribution in [3.8, 4) is 0 Å². The first-order valence-electron chi connectivity index (χ1n) is 6.43. The van der Waals surface area contributed by atoms with Crippen LogP contribution in [0, 0.1) is 5.82 Å². The van der Waals surface area contributed by atoms with Gasteiger partial charge in [-0.3, -0.25) is 4.79 Å². The molecule has 1 aliphatic rings. The van der Waals surface area contributed by atoms with E-state index in [1.54, 1.807) is 12.1 Å². The Labute approximate surface area is 107 Å². The van der Waals surface area contributed by atoms with E-state index in [-0.39, 0.29) is 17.3 Å². The van der Waals surface area contributed by atoms with Crippen molar-refractivity contribution in [1.82, 2.24) is 5.32 Å². The summed E-state index contributed by atoms with van der Waals surface area (Å²) in [5, 5.41) is 3.09. The molecule has 0 atom stereocenters. The number of hydrogen-bond donors (Lipinski definition) is 2. The van der Waals surface area contributed by atoms with Crippen LogP contribution in [0.25, 0.3) is 0 Å². The number of nitrogens with two attached hydrogens (primary N) is 1. The van der Waals surface area contributed by atoms with Gasteiger partial charge in [0.25, 0.3) is 0 Å². The van der Waals surface area contributed by atoms with Gasteiger partial charge in [0.1, 0.15) is 5.82 Å². The van der Waals surface area contributed by atoms with Crippen molar-refractivity contribution in [3.05, 3.63) is 35.6 Å². The summed E-state index contributed by atoms with van der Waals surface area (Å²) < 4.78 is 13.0. The molecule has 2 rings (SSSR count). The fraction of sp³-hybridized carbons (Fsp3) is 0.500. The van der Waals surface area contributed by atoms with E-state index in [1.807, 2.05) is 0 Å². The zero-order chi connectivity index (χ0) is 13.0. The Morgan fingerprint density at radius 1 is 1.28 bits per heavy atom. The van der Waals surface area contributed by atoms with Crippen LogP contribution in [0.1, 0.15) is 37.7 Å². The lowest BCUT2D eigenvalue weighted by Crippen LogP contribution is -2.44. The van der Waals surface area contributed by atoms with E-state index in [4.69, 9.17) is 5.73 Å². The molecule has 3 N–H and O–H groups in total. The monoisotopic (exact) mass is 250 g/mol. The highest BCUT2D eigenvalue weighted by atomic mass is 19.1. The Hall–Kier alpha value is -1.42. The molecule has 1 aliphatic carbocycles. The highest BCUT2D eigenvalue weighted by Crippen LogP contribution is 2.38. The van der Waals surface area contributed by atoms with Crippen LogP contribution in [0.5, 0.6) is 0 Å². The van der Waals surface area contributed by atoms with Crippen molar-refractivity contribution in [2.75, 3.05) is 6.54 Å². The molecular weight excluding hydrogens is 231 g/mol. The van der Waals surface area contributed by atoms with Gasteiger partial charge in [0.2, 0.25) is 5.91 Å².